The standard InChI is InChI=1S/C27H38FN5O3.C18H26FN3O2/c1-32(14-16-36-17-15-34)24-9-5-8-22(18-24)26(25(28)19-30-20-29)31-23-10-12-33(13-11-23)27(35)21-6-3-2-4-7-21;1-20-18(24)6-4-15(12-23)21-14-3-5-16(17(19)11-14)13-7-9-22(2)10-8-13/h5,8-9,15,18-21,23H,2-4,6-7,10-14,16-17H2,1H3,(H2,29,30);3,5,11-13,15,21H,4,6-10H2,1-2H3,(H,20,24)/b25-19+,31-26?;. The zero-order chi connectivity index (χ0) is 43.3. The topological polar surface area (TPSA) is 162 Å². The maximum absolute atomic E-state index is 15.2. The average Bonchev–Trinajstić information content (AvgIpc) is 3.28. The number of amides is 2. The molecule has 1 unspecified atom stereocenters. The number of likely N-dealkylation sites (tertiary alicyclic amines) is 2. The highest BCUT2D eigenvalue weighted by molar-refractivity contribution is 6.11. The summed E-state index contributed by atoms with van der Waals surface area (Å²) in [4.78, 5) is 60.5. The van der Waals surface area contributed by atoms with Crippen molar-refractivity contribution in [1.82, 2.24) is 15.1 Å². The number of aliphatic imine (C=N–C) groups is 2. The van der Waals surface area contributed by atoms with Crippen LogP contribution in [-0.2, 0) is 23.9 Å². The molecule has 0 bridgehead atoms. The van der Waals surface area contributed by atoms with E-state index in [2.05, 4.69) is 27.6 Å². The Morgan fingerprint density at radius 2 is 1.75 bits per heavy atom. The molecule has 1 aliphatic carbocycles. The second kappa shape index (κ2) is 25.6. The van der Waals surface area contributed by atoms with Gasteiger partial charge in [-0.3, -0.25) is 14.6 Å². The number of hydrogen-bond acceptors (Lipinski definition) is 10. The van der Waals surface area contributed by atoms with E-state index in [1.807, 2.05) is 53.2 Å². The van der Waals surface area contributed by atoms with Crippen LogP contribution in [0.4, 0.5) is 20.2 Å². The molecule has 2 amide bonds. The Bertz CT molecular complexity index is 1770. The van der Waals surface area contributed by atoms with Gasteiger partial charge in [0.2, 0.25) is 11.8 Å². The number of allylic oxidation sites excluding steroid dienone is 1. The van der Waals surface area contributed by atoms with Gasteiger partial charge in [0.05, 0.1) is 31.2 Å². The number of halogens is 2. The zero-order valence-corrected chi connectivity index (χ0v) is 35.5. The molecule has 5 rings (SSSR count). The molecule has 2 saturated heterocycles. The normalized spacial score (nSPS) is 18.1. The highest BCUT2D eigenvalue weighted by atomic mass is 19.1. The summed E-state index contributed by atoms with van der Waals surface area (Å²) >= 11 is 0. The van der Waals surface area contributed by atoms with Gasteiger partial charge in [-0.15, -0.1) is 0 Å². The number of aldehydes is 2. The minimum absolute atomic E-state index is 0.0629. The molecule has 3 aliphatic rings. The zero-order valence-electron chi connectivity index (χ0n) is 35.5. The van der Waals surface area contributed by atoms with Crippen LogP contribution in [0.2, 0.25) is 0 Å². The van der Waals surface area contributed by atoms with Crippen LogP contribution in [0.5, 0.6) is 0 Å². The van der Waals surface area contributed by atoms with Crippen LogP contribution in [0.15, 0.2) is 64.5 Å². The largest absolute Gasteiger partial charge is 0.390 e. The predicted molar refractivity (Wildman–Crippen MR) is 234 cm³/mol. The van der Waals surface area contributed by atoms with Crippen LogP contribution in [0.25, 0.3) is 0 Å². The van der Waals surface area contributed by atoms with Gasteiger partial charge < -0.3 is 45.4 Å². The van der Waals surface area contributed by atoms with Crippen molar-refractivity contribution in [3.05, 3.63) is 71.4 Å². The highest BCUT2D eigenvalue weighted by Gasteiger charge is 2.30. The highest BCUT2D eigenvalue weighted by Crippen LogP contribution is 2.31. The summed E-state index contributed by atoms with van der Waals surface area (Å²) in [6, 6.07) is 12.0. The lowest BCUT2D eigenvalue weighted by Gasteiger charge is -2.34. The Hall–Kier alpha value is -5.02. The molecule has 2 aromatic carbocycles. The summed E-state index contributed by atoms with van der Waals surface area (Å²) in [6.45, 7) is 4.30. The molecule has 0 spiro atoms. The van der Waals surface area contributed by atoms with Crippen LogP contribution < -0.4 is 21.3 Å². The fourth-order valence-electron chi connectivity index (χ4n) is 7.87. The fourth-order valence-corrected chi connectivity index (χ4v) is 7.87. The molecule has 4 N–H and O–H groups in total. The van der Waals surface area contributed by atoms with Crippen molar-refractivity contribution in [2.75, 3.05) is 77.3 Å². The first kappa shape index (κ1) is 47.7. The quantitative estimate of drug-likeness (QED) is 0.0748. The molecule has 0 aromatic heterocycles. The van der Waals surface area contributed by atoms with Crippen LogP contribution in [0.3, 0.4) is 0 Å². The van der Waals surface area contributed by atoms with Crippen LogP contribution in [0, 0.1) is 11.7 Å². The SMILES string of the molecule is CN(CCOCC=O)c1cccc(C(=NC2CCN(C(=O)C3CCCCC3)CC2)/C(F)=C\N=CN)c1.CNC(=O)CCC(C=O)Nc1ccc(C2CCN(C)CC2)c(F)c1. The van der Waals surface area contributed by atoms with Crippen molar-refractivity contribution in [3.8, 4) is 0 Å². The Kier molecular flexibility index (Phi) is 20.3. The minimum atomic E-state index is -0.563. The Labute approximate surface area is 353 Å². The molecule has 0 radical (unpaired) electrons. The summed E-state index contributed by atoms with van der Waals surface area (Å²) in [7, 11) is 5.55. The van der Waals surface area contributed by atoms with Gasteiger partial charge in [-0.2, -0.15) is 0 Å². The number of nitrogens with one attached hydrogen (secondary N) is 2. The lowest BCUT2D eigenvalue weighted by Crippen LogP contribution is -2.43. The summed E-state index contributed by atoms with van der Waals surface area (Å²) < 4.78 is 34.9. The molecule has 15 heteroatoms. The van der Waals surface area contributed by atoms with E-state index in [1.165, 1.54) is 12.5 Å². The molecule has 2 heterocycles. The van der Waals surface area contributed by atoms with Crippen molar-refractivity contribution in [2.45, 2.75) is 88.6 Å². The molecule has 2 aromatic rings. The molecular formula is C45H64F2N8O5. The summed E-state index contributed by atoms with van der Waals surface area (Å²) in [6.07, 6.45) is 13.0. The summed E-state index contributed by atoms with van der Waals surface area (Å²) in [5, 5.41) is 5.51. The third kappa shape index (κ3) is 15.2. The Balaban J connectivity index is 0.000000287. The Morgan fingerprint density at radius 3 is 2.40 bits per heavy atom. The van der Waals surface area contributed by atoms with Crippen LogP contribution in [0.1, 0.15) is 87.7 Å². The molecule has 1 atom stereocenters. The number of anilines is 2. The number of rotatable bonds is 18. The van der Waals surface area contributed by atoms with E-state index < -0.39 is 11.9 Å². The van der Waals surface area contributed by atoms with Gasteiger partial charge in [0.25, 0.3) is 0 Å². The number of nitrogens with zero attached hydrogens (tertiary/aromatic N) is 5. The smallest absolute Gasteiger partial charge is 0.225 e. The number of carbonyl (C=O) groups is 4. The number of likely N-dealkylation sites (N-methyl/N-ethyl adjacent to an activating group) is 1. The Morgan fingerprint density at radius 1 is 1.02 bits per heavy atom. The minimum Gasteiger partial charge on any atom is -0.390 e. The molecule has 328 valence electrons. The number of ether oxygens (including phenoxy) is 1. The number of hydrogen-bond donors (Lipinski definition) is 3. The second-order valence-corrected chi connectivity index (χ2v) is 15.8. The molecule has 13 nitrogen and oxygen atoms in total. The first-order valence-corrected chi connectivity index (χ1v) is 21.3. The first-order chi connectivity index (χ1) is 29.1. The number of benzene rings is 2. The third-order valence-electron chi connectivity index (χ3n) is 11.5. The molecule has 2 aliphatic heterocycles. The van der Waals surface area contributed by atoms with Crippen molar-refractivity contribution < 1.29 is 32.7 Å². The van der Waals surface area contributed by atoms with E-state index in [4.69, 9.17) is 15.5 Å². The number of carbonyl (C=O) groups excluding carboxylic acids is 4. The van der Waals surface area contributed by atoms with Gasteiger partial charge in [0, 0.05) is 63.0 Å². The van der Waals surface area contributed by atoms with Crippen LogP contribution in [-0.4, -0.2) is 125 Å². The molecule has 60 heavy (non-hydrogen) atoms. The second-order valence-electron chi connectivity index (χ2n) is 15.8. The van der Waals surface area contributed by atoms with Gasteiger partial charge in [-0.05, 0) is 101 Å². The van der Waals surface area contributed by atoms with E-state index in [0.717, 1.165) is 88.0 Å². The molecule has 1 saturated carbocycles. The number of piperidine rings is 2. The van der Waals surface area contributed by atoms with E-state index in [-0.39, 0.29) is 54.2 Å². The fraction of sp³-hybridized carbons (Fsp3) is 0.556. The van der Waals surface area contributed by atoms with E-state index >= 15 is 4.39 Å². The van der Waals surface area contributed by atoms with Gasteiger partial charge in [0.15, 0.2) is 5.83 Å². The molecular weight excluding hydrogens is 771 g/mol. The number of nitrogens with two attached hydrogens (primary N) is 1. The van der Waals surface area contributed by atoms with E-state index in [1.54, 1.807) is 7.05 Å². The monoisotopic (exact) mass is 834 g/mol. The lowest BCUT2D eigenvalue weighted by molar-refractivity contribution is -0.137. The maximum Gasteiger partial charge on any atom is 0.225 e. The third-order valence-corrected chi connectivity index (χ3v) is 11.5. The predicted octanol–water partition coefficient (Wildman–Crippen LogP) is 5.64. The van der Waals surface area contributed by atoms with Gasteiger partial charge in [0.1, 0.15) is 30.7 Å². The van der Waals surface area contributed by atoms with Crippen molar-refractivity contribution in [2.24, 2.45) is 21.6 Å². The summed E-state index contributed by atoms with van der Waals surface area (Å²) in [5.74, 6) is -0.226. The van der Waals surface area contributed by atoms with Crippen molar-refractivity contribution in [1.29, 1.82) is 0 Å². The van der Waals surface area contributed by atoms with Crippen molar-refractivity contribution >= 4 is 47.8 Å². The van der Waals surface area contributed by atoms with Crippen LogP contribution >= 0.6 is 0 Å². The first-order valence-electron chi connectivity index (χ1n) is 21.3. The van der Waals surface area contributed by atoms with Gasteiger partial charge in [-0.1, -0.05) is 37.5 Å². The van der Waals surface area contributed by atoms with E-state index in [9.17, 15) is 23.6 Å². The van der Waals surface area contributed by atoms with Gasteiger partial charge in [-0.25, -0.2) is 13.8 Å². The lowest BCUT2D eigenvalue weighted by atomic mass is 9.87. The molecule has 3 fully saturated rings. The summed E-state index contributed by atoms with van der Waals surface area (Å²) in [5.41, 5.74) is 8.37. The van der Waals surface area contributed by atoms with Gasteiger partial charge >= 0.3 is 0 Å². The average molecular weight is 835 g/mol. The maximum atomic E-state index is 15.2. The van der Waals surface area contributed by atoms with Crippen molar-refractivity contribution in [3.63, 3.8) is 0 Å². The van der Waals surface area contributed by atoms with E-state index in [0.29, 0.717) is 56.8 Å².